The third kappa shape index (κ3) is 3.10. The van der Waals surface area contributed by atoms with Crippen molar-refractivity contribution in [1.82, 2.24) is 0 Å². The van der Waals surface area contributed by atoms with Gasteiger partial charge in [-0.1, -0.05) is 46.8 Å². The maximum atomic E-state index is 10.5. The van der Waals surface area contributed by atoms with Crippen molar-refractivity contribution in [2.75, 3.05) is 0 Å². The minimum Gasteiger partial charge on any atom is -0.389 e. The van der Waals surface area contributed by atoms with Gasteiger partial charge in [0.15, 0.2) is 0 Å². The molecule has 2 N–H and O–H groups in total. The Balaban J connectivity index is 4.93. The van der Waals surface area contributed by atoms with Gasteiger partial charge in [0, 0.05) is 0 Å². The van der Waals surface area contributed by atoms with E-state index in [-0.39, 0.29) is 11.3 Å². The van der Waals surface area contributed by atoms with E-state index in [9.17, 15) is 5.11 Å². The van der Waals surface area contributed by atoms with E-state index in [4.69, 9.17) is 5.11 Å². The number of hydrogen-bond acceptors (Lipinski definition) is 2. The minimum atomic E-state index is -0.871. The van der Waals surface area contributed by atoms with Gasteiger partial charge in [-0.25, -0.2) is 0 Å². The normalized spacial score (nSPS) is 20.1. The summed E-state index contributed by atoms with van der Waals surface area (Å²) < 4.78 is 0. The molecule has 0 aromatic heterocycles. The summed E-state index contributed by atoms with van der Waals surface area (Å²) in [4.78, 5) is 0. The van der Waals surface area contributed by atoms with Gasteiger partial charge >= 0.3 is 0 Å². The summed E-state index contributed by atoms with van der Waals surface area (Å²) in [6.45, 7) is 11.6. The molecule has 0 spiro atoms. The Bertz CT molecular complexity index is 199. The first-order chi connectivity index (χ1) is 6.11. The maximum Gasteiger partial charge on any atom is 0.0899 e. The van der Waals surface area contributed by atoms with Gasteiger partial charge in [0.1, 0.15) is 0 Å². The summed E-state index contributed by atoms with van der Waals surface area (Å²) in [6, 6.07) is 0. The van der Waals surface area contributed by atoms with Crippen molar-refractivity contribution in [3.63, 3.8) is 0 Å². The summed E-state index contributed by atoms with van der Waals surface area (Å²) in [6.07, 6.45) is 2.86. The van der Waals surface area contributed by atoms with E-state index < -0.39 is 11.7 Å². The average molecular weight is 200 g/mol. The lowest BCUT2D eigenvalue weighted by Gasteiger charge is -2.41. The van der Waals surface area contributed by atoms with E-state index in [1.807, 2.05) is 34.6 Å². The van der Waals surface area contributed by atoms with Crippen LogP contribution in [0.25, 0.3) is 0 Å². The summed E-state index contributed by atoms with van der Waals surface area (Å²) in [5.41, 5.74) is -1.10. The molecule has 2 nitrogen and oxygen atoms in total. The monoisotopic (exact) mass is 200 g/mol. The Morgan fingerprint density at radius 3 is 1.71 bits per heavy atom. The van der Waals surface area contributed by atoms with Gasteiger partial charge in [-0.3, -0.25) is 0 Å². The molecule has 0 aromatic rings. The second-order valence-corrected chi connectivity index (χ2v) is 5.33. The number of aliphatic hydroxyl groups excluding tert-OH is 1. The van der Waals surface area contributed by atoms with Crippen LogP contribution in [0.4, 0.5) is 0 Å². The highest BCUT2D eigenvalue weighted by atomic mass is 16.3. The first-order valence-electron chi connectivity index (χ1n) is 5.21. The molecule has 0 aliphatic heterocycles. The number of rotatable bonds is 3. The Hall–Kier alpha value is -0.340. The fraction of sp³-hybridized carbons (Fsp3) is 0.833. The maximum absolute atomic E-state index is 10.5. The molecular formula is C12H24O2. The highest BCUT2D eigenvalue weighted by molar-refractivity contribution is 5.10. The molecule has 0 rings (SSSR count). The molecule has 0 aromatic carbocycles. The van der Waals surface area contributed by atoms with Crippen molar-refractivity contribution >= 4 is 0 Å². The van der Waals surface area contributed by atoms with Crippen LogP contribution in [-0.4, -0.2) is 21.9 Å². The molecule has 0 aliphatic carbocycles. The topological polar surface area (TPSA) is 40.5 Å². The molecule has 0 heterocycles. The van der Waals surface area contributed by atoms with Crippen LogP contribution in [0.3, 0.4) is 0 Å². The Kier molecular flexibility index (Phi) is 4.34. The molecule has 2 atom stereocenters. The zero-order valence-electron chi connectivity index (χ0n) is 10.2. The fourth-order valence-electron chi connectivity index (χ4n) is 1.59. The molecule has 0 radical (unpaired) electrons. The van der Waals surface area contributed by atoms with Gasteiger partial charge in [-0.2, -0.15) is 0 Å². The van der Waals surface area contributed by atoms with Crippen molar-refractivity contribution in [2.24, 2.45) is 11.3 Å². The summed E-state index contributed by atoms with van der Waals surface area (Å²) >= 11 is 0. The predicted molar refractivity (Wildman–Crippen MR) is 60.1 cm³/mol. The second kappa shape index (κ2) is 4.45. The molecule has 84 valence electrons. The van der Waals surface area contributed by atoms with Crippen molar-refractivity contribution in [3.05, 3.63) is 12.2 Å². The Morgan fingerprint density at radius 2 is 1.50 bits per heavy atom. The van der Waals surface area contributed by atoms with E-state index >= 15 is 0 Å². The average Bonchev–Trinajstić information content (AvgIpc) is 1.97. The quantitative estimate of drug-likeness (QED) is 0.687. The van der Waals surface area contributed by atoms with Crippen LogP contribution in [0.5, 0.6) is 0 Å². The van der Waals surface area contributed by atoms with Gasteiger partial charge in [0.05, 0.1) is 11.7 Å². The Labute approximate surface area is 87.7 Å². The second-order valence-electron chi connectivity index (χ2n) is 5.33. The van der Waals surface area contributed by atoms with E-state index in [0.717, 1.165) is 0 Å². The molecule has 0 fully saturated rings. The molecule has 0 saturated carbocycles. The first-order valence-corrected chi connectivity index (χ1v) is 5.21. The van der Waals surface area contributed by atoms with E-state index in [2.05, 4.69) is 0 Å². The number of aliphatic hydroxyl groups is 2. The summed E-state index contributed by atoms with van der Waals surface area (Å²) in [7, 11) is 0. The predicted octanol–water partition coefficient (Wildman–Crippen LogP) is 2.36. The molecule has 0 bridgehead atoms. The van der Waals surface area contributed by atoms with E-state index in [1.165, 1.54) is 0 Å². The van der Waals surface area contributed by atoms with Crippen LogP contribution >= 0.6 is 0 Å². The van der Waals surface area contributed by atoms with Crippen LogP contribution < -0.4 is 0 Å². The van der Waals surface area contributed by atoms with Crippen molar-refractivity contribution in [2.45, 2.75) is 53.2 Å². The fourth-order valence-corrected chi connectivity index (χ4v) is 1.59. The van der Waals surface area contributed by atoms with Crippen LogP contribution in [-0.2, 0) is 0 Å². The van der Waals surface area contributed by atoms with Crippen LogP contribution in [0, 0.1) is 11.3 Å². The lowest BCUT2D eigenvalue weighted by molar-refractivity contribution is -0.0522. The van der Waals surface area contributed by atoms with E-state index in [0.29, 0.717) is 0 Å². The van der Waals surface area contributed by atoms with Crippen LogP contribution in [0.2, 0.25) is 0 Å². The Morgan fingerprint density at radius 1 is 1.07 bits per heavy atom. The molecule has 0 aliphatic rings. The molecule has 14 heavy (non-hydrogen) atoms. The highest BCUT2D eigenvalue weighted by Crippen LogP contribution is 2.37. The van der Waals surface area contributed by atoms with Gasteiger partial charge in [-0.15, -0.1) is 0 Å². The van der Waals surface area contributed by atoms with Gasteiger partial charge < -0.3 is 10.2 Å². The van der Waals surface area contributed by atoms with Gasteiger partial charge in [-0.05, 0) is 18.3 Å². The minimum absolute atomic E-state index is 0.123. The number of hydrogen-bond donors (Lipinski definition) is 2. The molecule has 0 amide bonds. The molecule has 2 heteroatoms. The third-order valence-corrected chi connectivity index (χ3v) is 2.71. The standard InChI is InChI=1S/C12H24O2/c1-9(2)12(14,11(4,5)6)8-7-10(3)13/h7-10,13-14H,1-6H3. The lowest BCUT2D eigenvalue weighted by Crippen LogP contribution is -2.45. The van der Waals surface area contributed by atoms with Gasteiger partial charge in [0.2, 0.25) is 0 Å². The van der Waals surface area contributed by atoms with Gasteiger partial charge in [0.25, 0.3) is 0 Å². The first kappa shape index (κ1) is 13.7. The van der Waals surface area contributed by atoms with Crippen molar-refractivity contribution < 1.29 is 10.2 Å². The summed E-state index contributed by atoms with van der Waals surface area (Å²) in [5.74, 6) is 0.123. The summed E-state index contributed by atoms with van der Waals surface area (Å²) in [5, 5.41) is 19.6. The SMILES string of the molecule is CC(O)C=CC(O)(C(C)C)C(C)(C)C. The van der Waals surface area contributed by atoms with Crippen LogP contribution in [0.1, 0.15) is 41.5 Å². The van der Waals surface area contributed by atoms with Crippen molar-refractivity contribution in [3.8, 4) is 0 Å². The molecule has 0 saturated heterocycles. The van der Waals surface area contributed by atoms with E-state index in [1.54, 1.807) is 19.1 Å². The van der Waals surface area contributed by atoms with Crippen molar-refractivity contribution in [1.29, 1.82) is 0 Å². The lowest BCUT2D eigenvalue weighted by atomic mass is 9.70. The largest absolute Gasteiger partial charge is 0.389 e. The molecular weight excluding hydrogens is 176 g/mol. The molecule has 2 unspecified atom stereocenters. The van der Waals surface area contributed by atoms with Crippen LogP contribution in [0.15, 0.2) is 12.2 Å². The highest BCUT2D eigenvalue weighted by Gasteiger charge is 2.40. The smallest absolute Gasteiger partial charge is 0.0899 e. The zero-order valence-corrected chi connectivity index (χ0v) is 10.2. The zero-order chi connectivity index (χ0) is 11.6. The third-order valence-electron chi connectivity index (χ3n) is 2.71.